The van der Waals surface area contributed by atoms with Crippen molar-refractivity contribution in [3.8, 4) is 11.1 Å². The minimum absolute atomic E-state index is 0.211. The maximum absolute atomic E-state index is 8.71. The van der Waals surface area contributed by atoms with Crippen molar-refractivity contribution in [2.75, 3.05) is 36.9 Å². The van der Waals surface area contributed by atoms with Crippen LogP contribution in [0.4, 0.5) is 11.5 Å². The molecule has 1 aliphatic heterocycles. The largest absolute Gasteiger partial charge is 0.398 e. The zero-order chi connectivity index (χ0) is 21.1. The molecule has 3 aromatic rings. The zero-order valence-electron chi connectivity index (χ0n) is 16.3. The molecular formula is C21H22N8O. The second-order valence-corrected chi connectivity index (χ2v) is 6.88. The third-order valence-corrected chi connectivity index (χ3v) is 5.02. The molecule has 1 aliphatic rings. The number of nitrogens with zero attached hydrogens (tertiary/aromatic N) is 4. The van der Waals surface area contributed by atoms with Crippen LogP contribution >= 0.6 is 0 Å². The van der Waals surface area contributed by atoms with Gasteiger partial charge in [0, 0.05) is 36.6 Å². The van der Waals surface area contributed by atoms with Gasteiger partial charge in [0.25, 0.3) is 0 Å². The highest BCUT2D eigenvalue weighted by atomic mass is 16.5. The normalized spacial score (nSPS) is 13.8. The molecule has 1 aromatic carbocycles. The van der Waals surface area contributed by atoms with Crippen molar-refractivity contribution >= 4 is 23.6 Å². The van der Waals surface area contributed by atoms with E-state index in [-0.39, 0.29) is 11.2 Å². The van der Waals surface area contributed by atoms with E-state index < -0.39 is 0 Å². The molecule has 0 radical (unpaired) electrons. The number of pyridine rings is 1. The number of hydrogen-bond acceptors (Lipinski definition) is 8. The van der Waals surface area contributed by atoms with Crippen molar-refractivity contribution in [2.24, 2.45) is 0 Å². The summed E-state index contributed by atoms with van der Waals surface area (Å²) in [5.41, 5.74) is 9.80. The summed E-state index contributed by atoms with van der Waals surface area (Å²) < 4.78 is 6.80. The van der Waals surface area contributed by atoms with Crippen molar-refractivity contribution in [3.63, 3.8) is 0 Å². The van der Waals surface area contributed by atoms with Gasteiger partial charge in [-0.1, -0.05) is 6.07 Å². The van der Waals surface area contributed by atoms with Crippen molar-refractivity contribution in [2.45, 2.75) is 0 Å². The van der Waals surface area contributed by atoms with Gasteiger partial charge < -0.3 is 15.4 Å². The minimum Gasteiger partial charge on any atom is -0.398 e. The monoisotopic (exact) mass is 402 g/mol. The van der Waals surface area contributed by atoms with Gasteiger partial charge in [0.2, 0.25) is 0 Å². The third-order valence-electron chi connectivity index (χ3n) is 5.02. The van der Waals surface area contributed by atoms with E-state index in [1.807, 2.05) is 18.2 Å². The number of ether oxygens (including phenoxy) is 1. The summed E-state index contributed by atoms with van der Waals surface area (Å²) in [6.07, 6.45) is 4.25. The van der Waals surface area contributed by atoms with Crippen LogP contribution in [0.15, 0.2) is 48.9 Å². The zero-order valence-corrected chi connectivity index (χ0v) is 16.3. The third kappa shape index (κ3) is 3.83. The maximum atomic E-state index is 8.71. The molecular weight excluding hydrogens is 380 g/mol. The highest BCUT2D eigenvalue weighted by molar-refractivity contribution is 6.13. The average molecular weight is 402 g/mol. The topological polar surface area (TPSA) is 141 Å². The number of nitrogens with two attached hydrogens (primary N) is 1. The molecule has 5 N–H and O–H groups in total. The lowest BCUT2D eigenvalue weighted by Gasteiger charge is -2.27. The van der Waals surface area contributed by atoms with Gasteiger partial charge in [-0.05, 0) is 35.4 Å². The summed E-state index contributed by atoms with van der Waals surface area (Å²) in [6, 6.07) is 10.7. The lowest BCUT2D eigenvalue weighted by molar-refractivity contribution is 0.122. The van der Waals surface area contributed by atoms with Crippen LogP contribution in [0, 0.1) is 16.2 Å². The molecule has 0 amide bonds. The number of nitrogens with one attached hydrogen (secondary N) is 3. The summed E-state index contributed by atoms with van der Waals surface area (Å²) in [6.45, 7) is 2.80. The molecule has 0 unspecified atom stereocenters. The Morgan fingerprint density at radius 3 is 2.60 bits per heavy atom. The summed E-state index contributed by atoms with van der Waals surface area (Å²) in [5, 5.41) is 24.0. The van der Waals surface area contributed by atoms with Gasteiger partial charge in [0.1, 0.15) is 17.6 Å². The van der Waals surface area contributed by atoms with Crippen LogP contribution in [0.25, 0.3) is 11.1 Å². The van der Waals surface area contributed by atoms with E-state index >= 15 is 0 Å². The average Bonchev–Trinajstić information content (AvgIpc) is 2.80. The molecule has 0 atom stereocenters. The van der Waals surface area contributed by atoms with E-state index in [0.29, 0.717) is 30.2 Å². The van der Waals surface area contributed by atoms with Gasteiger partial charge in [-0.15, -0.1) is 0 Å². The molecule has 0 saturated carbocycles. The quantitative estimate of drug-likeness (QED) is 0.292. The van der Waals surface area contributed by atoms with Crippen LogP contribution in [0.1, 0.15) is 11.3 Å². The molecule has 2 aromatic heterocycles. The highest BCUT2D eigenvalue weighted by Gasteiger charge is 2.16. The van der Waals surface area contributed by atoms with E-state index in [1.54, 1.807) is 24.4 Å². The Morgan fingerprint density at radius 2 is 1.83 bits per heavy atom. The molecule has 0 aliphatic carbocycles. The van der Waals surface area contributed by atoms with Crippen LogP contribution in [0.2, 0.25) is 0 Å². The number of anilines is 2. The predicted molar refractivity (Wildman–Crippen MR) is 115 cm³/mol. The van der Waals surface area contributed by atoms with Crippen LogP contribution in [0.5, 0.6) is 0 Å². The van der Waals surface area contributed by atoms with Gasteiger partial charge in [-0.3, -0.25) is 20.8 Å². The second kappa shape index (κ2) is 8.26. The number of nitrogen functional groups attached to an aromatic ring is 1. The molecule has 4 rings (SSSR count). The summed E-state index contributed by atoms with van der Waals surface area (Å²) in [4.78, 5) is 10.7. The molecule has 9 heteroatoms. The first kappa shape index (κ1) is 19.5. The first-order valence-electron chi connectivity index (χ1n) is 9.48. The first-order valence-corrected chi connectivity index (χ1v) is 9.48. The van der Waals surface area contributed by atoms with Crippen molar-refractivity contribution in [1.82, 2.24) is 14.5 Å². The summed E-state index contributed by atoms with van der Waals surface area (Å²) in [5.74, 6) is 0.765. The molecule has 3 heterocycles. The van der Waals surface area contributed by atoms with Gasteiger partial charge >= 0.3 is 0 Å². The first-order chi connectivity index (χ1) is 14.6. The summed E-state index contributed by atoms with van der Waals surface area (Å²) >= 11 is 0. The van der Waals surface area contributed by atoms with E-state index in [9.17, 15) is 0 Å². The summed E-state index contributed by atoms with van der Waals surface area (Å²) in [7, 11) is 0. The van der Waals surface area contributed by atoms with Gasteiger partial charge in [0.15, 0.2) is 0 Å². The van der Waals surface area contributed by atoms with Crippen molar-refractivity contribution in [3.05, 3.63) is 65.7 Å². The number of benzene rings is 1. The molecule has 0 bridgehead atoms. The molecule has 0 spiro atoms. The Labute approximate surface area is 173 Å². The van der Waals surface area contributed by atoms with Crippen LogP contribution < -0.4 is 16.1 Å². The van der Waals surface area contributed by atoms with Crippen LogP contribution in [0.3, 0.4) is 0 Å². The van der Waals surface area contributed by atoms with E-state index in [0.717, 1.165) is 36.4 Å². The Kier molecular flexibility index (Phi) is 5.36. The van der Waals surface area contributed by atoms with Crippen molar-refractivity contribution < 1.29 is 4.74 Å². The second-order valence-electron chi connectivity index (χ2n) is 6.88. The lowest BCUT2D eigenvalue weighted by Crippen LogP contribution is -2.36. The Bertz CT molecular complexity index is 1160. The number of rotatable bonds is 5. The fourth-order valence-corrected chi connectivity index (χ4v) is 3.33. The van der Waals surface area contributed by atoms with Crippen LogP contribution in [-0.2, 0) is 4.74 Å². The molecule has 30 heavy (non-hydrogen) atoms. The standard InChI is InChI=1S/C21H22N8O/c22-12-29-11-15(2-4-19(29)24)14-1-3-17(23)16(9-14)21(25)18-10-20(27-13-26-18)28-5-7-30-8-6-28/h1-4,9-13,22,24-25H,5-8,23H2. The van der Waals surface area contributed by atoms with E-state index in [4.69, 9.17) is 26.7 Å². The predicted octanol–water partition coefficient (Wildman–Crippen LogP) is 1.71. The molecule has 9 nitrogen and oxygen atoms in total. The van der Waals surface area contributed by atoms with E-state index in [1.165, 1.54) is 10.9 Å². The van der Waals surface area contributed by atoms with Crippen LogP contribution in [-0.4, -0.2) is 52.9 Å². The maximum Gasteiger partial charge on any atom is 0.132 e. The van der Waals surface area contributed by atoms with Crippen molar-refractivity contribution in [1.29, 1.82) is 16.2 Å². The minimum atomic E-state index is 0.211. The molecule has 1 saturated heterocycles. The Morgan fingerprint density at radius 1 is 1.07 bits per heavy atom. The smallest absolute Gasteiger partial charge is 0.132 e. The number of morpholine rings is 1. The van der Waals surface area contributed by atoms with Gasteiger partial charge in [-0.25, -0.2) is 9.97 Å². The van der Waals surface area contributed by atoms with Gasteiger partial charge in [-0.2, -0.15) is 0 Å². The highest BCUT2D eigenvalue weighted by Crippen LogP contribution is 2.25. The molecule has 1 fully saturated rings. The fourth-order valence-electron chi connectivity index (χ4n) is 3.33. The van der Waals surface area contributed by atoms with E-state index in [2.05, 4.69) is 14.9 Å². The SMILES string of the molecule is N=Cn1cc(-c2ccc(N)c(C(=N)c3cc(N4CCOCC4)ncn3)c2)ccc1=N. The Hall–Kier alpha value is -3.85. The lowest BCUT2D eigenvalue weighted by atomic mass is 9.99. The number of hydrogen-bond donors (Lipinski definition) is 4. The fraction of sp³-hybridized carbons (Fsp3) is 0.190. The Balaban J connectivity index is 1.69. The molecule has 152 valence electrons. The van der Waals surface area contributed by atoms with Gasteiger partial charge in [0.05, 0.1) is 31.0 Å². The number of aromatic nitrogens is 3.